The van der Waals surface area contributed by atoms with Crippen molar-refractivity contribution in [2.24, 2.45) is 0 Å². The van der Waals surface area contributed by atoms with E-state index in [0.717, 1.165) is 27.5 Å². The Kier molecular flexibility index (Phi) is 4.08. The van der Waals surface area contributed by atoms with Crippen LogP contribution in [-0.4, -0.2) is 15.5 Å². The number of rotatable bonds is 4. The molecule has 0 saturated heterocycles. The molecule has 0 unspecified atom stereocenters. The SMILES string of the molecule is COc1cc2c(C)c(NS(=O)(=O)c3ccc(C)cc3)oc2c2ccccc12. The number of methoxy groups -OCH3 is 1. The number of ether oxygens (including phenoxy) is 1. The van der Waals surface area contributed by atoms with Gasteiger partial charge in [0.25, 0.3) is 10.0 Å². The molecule has 4 rings (SSSR count). The predicted molar refractivity (Wildman–Crippen MR) is 107 cm³/mol. The molecular weight excluding hydrogens is 362 g/mol. The largest absolute Gasteiger partial charge is 0.496 e. The lowest BCUT2D eigenvalue weighted by Crippen LogP contribution is -2.13. The average molecular weight is 381 g/mol. The van der Waals surface area contributed by atoms with Gasteiger partial charge in [-0.1, -0.05) is 42.0 Å². The van der Waals surface area contributed by atoms with E-state index in [0.29, 0.717) is 11.1 Å². The third-order valence-corrected chi connectivity index (χ3v) is 6.03. The lowest BCUT2D eigenvalue weighted by atomic mass is 10.1. The van der Waals surface area contributed by atoms with Gasteiger partial charge in [-0.05, 0) is 32.0 Å². The molecule has 0 saturated carbocycles. The molecule has 5 nitrogen and oxygen atoms in total. The standard InChI is InChI=1S/C21H19NO4S/c1-13-8-10-15(11-9-13)27(23,24)22-21-14(2)18-12-19(25-3)16-6-4-5-7-17(16)20(18)26-21/h4-12,22H,1-3H3. The lowest BCUT2D eigenvalue weighted by Gasteiger charge is -2.06. The molecule has 0 spiro atoms. The van der Waals surface area contributed by atoms with Crippen LogP contribution in [0, 0.1) is 13.8 Å². The first-order chi connectivity index (χ1) is 12.9. The first-order valence-corrected chi connectivity index (χ1v) is 9.97. The normalized spacial score (nSPS) is 11.8. The molecular formula is C21H19NO4S. The average Bonchev–Trinajstić information content (AvgIpc) is 2.97. The van der Waals surface area contributed by atoms with Crippen LogP contribution in [-0.2, 0) is 10.0 Å². The summed E-state index contributed by atoms with van der Waals surface area (Å²) >= 11 is 0. The summed E-state index contributed by atoms with van der Waals surface area (Å²) in [5, 5.41) is 2.59. The first-order valence-electron chi connectivity index (χ1n) is 8.49. The molecule has 138 valence electrons. The molecule has 0 fully saturated rings. The number of aryl methyl sites for hydroxylation is 2. The molecule has 27 heavy (non-hydrogen) atoms. The van der Waals surface area contributed by atoms with Crippen LogP contribution in [0.25, 0.3) is 21.7 Å². The fraction of sp³-hybridized carbons (Fsp3) is 0.143. The number of sulfonamides is 1. The summed E-state index contributed by atoms with van der Waals surface area (Å²) in [6, 6.07) is 16.3. The molecule has 3 aromatic carbocycles. The number of nitrogens with one attached hydrogen (secondary N) is 1. The molecule has 1 N–H and O–H groups in total. The highest BCUT2D eigenvalue weighted by atomic mass is 32.2. The van der Waals surface area contributed by atoms with Crippen LogP contribution >= 0.6 is 0 Å². The van der Waals surface area contributed by atoms with E-state index in [9.17, 15) is 8.42 Å². The van der Waals surface area contributed by atoms with Gasteiger partial charge in [-0.2, -0.15) is 0 Å². The van der Waals surface area contributed by atoms with Crippen molar-refractivity contribution in [3.8, 4) is 5.75 Å². The zero-order valence-electron chi connectivity index (χ0n) is 15.2. The molecule has 0 aliphatic heterocycles. The topological polar surface area (TPSA) is 68.5 Å². The van der Waals surface area contributed by atoms with Gasteiger partial charge in [0.15, 0.2) is 0 Å². The minimum absolute atomic E-state index is 0.190. The van der Waals surface area contributed by atoms with Crippen molar-refractivity contribution in [2.45, 2.75) is 18.7 Å². The van der Waals surface area contributed by atoms with Gasteiger partial charge in [0.05, 0.1) is 12.0 Å². The van der Waals surface area contributed by atoms with Crippen LogP contribution < -0.4 is 9.46 Å². The lowest BCUT2D eigenvalue weighted by molar-refractivity contribution is 0.420. The van der Waals surface area contributed by atoms with Crippen molar-refractivity contribution in [3.05, 3.63) is 65.7 Å². The maximum Gasteiger partial charge on any atom is 0.264 e. The second kappa shape index (κ2) is 6.32. The van der Waals surface area contributed by atoms with Gasteiger partial charge in [0, 0.05) is 21.7 Å². The molecule has 0 amide bonds. The Labute approximate surface area is 157 Å². The first kappa shape index (κ1) is 17.4. The third kappa shape index (κ3) is 2.92. The maximum absolute atomic E-state index is 12.7. The summed E-state index contributed by atoms with van der Waals surface area (Å²) in [5.41, 5.74) is 2.34. The summed E-state index contributed by atoms with van der Waals surface area (Å²) in [4.78, 5) is 0.190. The van der Waals surface area contributed by atoms with E-state index >= 15 is 0 Å². The highest BCUT2D eigenvalue weighted by Gasteiger charge is 2.21. The van der Waals surface area contributed by atoms with Crippen LogP contribution in [0.3, 0.4) is 0 Å². The Morgan fingerprint density at radius 1 is 0.926 bits per heavy atom. The number of fused-ring (bicyclic) bond motifs is 3. The smallest absolute Gasteiger partial charge is 0.264 e. The van der Waals surface area contributed by atoms with Gasteiger partial charge in [-0.15, -0.1) is 0 Å². The Hall–Kier alpha value is -2.99. The van der Waals surface area contributed by atoms with Gasteiger partial charge in [0.1, 0.15) is 11.3 Å². The Morgan fingerprint density at radius 2 is 1.59 bits per heavy atom. The fourth-order valence-corrected chi connectivity index (χ4v) is 4.22. The van der Waals surface area contributed by atoms with Crippen LogP contribution in [0.1, 0.15) is 11.1 Å². The Balaban J connectivity index is 1.87. The number of hydrogen-bond acceptors (Lipinski definition) is 4. The minimum Gasteiger partial charge on any atom is -0.496 e. The van der Waals surface area contributed by atoms with Crippen LogP contribution in [0.4, 0.5) is 5.88 Å². The van der Waals surface area contributed by atoms with E-state index in [1.807, 2.05) is 44.2 Å². The zero-order chi connectivity index (χ0) is 19.2. The Bertz CT molecular complexity index is 1260. The molecule has 4 aromatic rings. The highest BCUT2D eigenvalue weighted by molar-refractivity contribution is 7.92. The molecule has 0 bridgehead atoms. The van der Waals surface area contributed by atoms with Gasteiger partial charge in [-0.25, -0.2) is 13.1 Å². The molecule has 0 radical (unpaired) electrons. The van der Waals surface area contributed by atoms with Crippen molar-refractivity contribution in [1.29, 1.82) is 0 Å². The van der Waals surface area contributed by atoms with Crippen molar-refractivity contribution >= 4 is 37.6 Å². The van der Waals surface area contributed by atoms with Crippen molar-refractivity contribution in [1.82, 2.24) is 0 Å². The van der Waals surface area contributed by atoms with Gasteiger partial charge in [-0.3, -0.25) is 0 Å². The number of benzene rings is 3. The van der Waals surface area contributed by atoms with E-state index < -0.39 is 10.0 Å². The molecule has 0 aliphatic carbocycles. The van der Waals surface area contributed by atoms with Crippen molar-refractivity contribution in [3.63, 3.8) is 0 Å². The monoisotopic (exact) mass is 381 g/mol. The Morgan fingerprint density at radius 3 is 2.26 bits per heavy atom. The summed E-state index contributed by atoms with van der Waals surface area (Å²) in [6.45, 7) is 3.73. The summed E-state index contributed by atoms with van der Waals surface area (Å²) in [5.74, 6) is 0.930. The molecule has 0 atom stereocenters. The van der Waals surface area contributed by atoms with E-state index in [4.69, 9.17) is 9.15 Å². The third-order valence-electron chi connectivity index (χ3n) is 4.68. The van der Waals surface area contributed by atoms with Crippen molar-refractivity contribution in [2.75, 3.05) is 11.8 Å². The van der Waals surface area contributed by atoms with Crippen molar-refractivity contribution < 1.29 is 17.6 Å². The summed E-state index contributed by atoms with van der Waals surface area (Å²) in [6.07, 6.45) is 0. The van der Waals surface area contributed by atoms with Gasteiger partial charge < -0.3 is 9.15 Å². The number of anilines is 1. The molecule has 0 aliphatic rings. The van der Waals surface area contributed by atoms with E-state index in [1.54, 1.807) is 31.4 Å². The molecule has 1 heterocycles. The number of furan rings is 1. The van der Waals surface area contributed by atoms with Crippen LogP contribution in [0.2, 0.25) is 0 Å². The second-order valence-corrected chi connectivity index (χ2v) is 8.16. The van der Waals surface area contributed by atoms with Gasteiger partial charge in [0.2, 0.25) is 5.88 Å². The fourth-order valence-electron chi connectivity index (χ4n) is 3.17. The summed E-state index contributed by atoms with van der Waals surface area (Å²) in [7, 11) is -2.13. The van der Waals surface area contributed by atoms with Gasteiger partial charge >= 0.3 is 0 Å². The maximum atomic E-state index is 12.7. The van der Waals surface area contributed by atoms with E-state index in [-0.39, 0.29) is 10.8 Å². The quantitative estimate of drug-likeness (QED) is 0.539. The zero-order valence-corrected chi connectivity index (χ0v) is 16.1. The van der Waals surface area contributed by atoms with E-state index in [2.05, 4.69) is 4.72 Å². The van der Waals surface area contributed by atoms with Crippen LogP contribution in [0.5, 0.6) is 5.75 Å². The molecule has 1 aromatic heterocycles. The highest BCUT2D eigenvalue weighted by Crippen LogP contribution is 2.39. The predicted octanol–water partition coefficient (Wildman–Crippen LogP) is 5.01. The number of hydrogen-bond donors (Lipinski definition) is 1. The summed E-state index contributed by atoms with van der Waals surface area (Å²) < 4.78 is 39.5. The van der Waals surface area contributed by atoms with Crippen LogP contribution in [0.15, 0.2) is 63.9 Å². The molecule has 6 heteroatoms. The van der Waals surface area contributed by atoms with E-state index in [1.165, 1.54) is 0 Å². The second-order valence-electron chi connectivity index (χ2n) is 6.48. The minimum atomic E-state index is -3.74.